The van der Waals surface area contributed by atoms with Crippen LogP contribution in [-0.2, 0) is 20.8 Å². The van der Waals surface area contributed by atoms with Crippen LogP contribution in [0, 0.1) is 11.3 Å². The third kappa shape index (κ3) is 6.66. The van der Waals surface area contributed by atoms with Crippen LogP contribution < -0.4 is 14.8 Å². The highest BCUT2D eigenvalue weighted by atomic mass is 19.4. The average Bonchev–Trinajstić information content (AvgIpc) is 2.87. The monoisotopic (exact) mass is 505 g/mol. The number of hydrogen-bond acceptors (Lipinski definition) is 7. The van der Waals surface area contributed by atoms with Crippen molar-refractivity contribution in [2.24, 2.45) is 0 Å². The molecule has 36 heavy (non-hydrogen) atoms. The number of alkyl halides is 3. The number of nitriles is 1. The third-order valence-electron chi connectivity index (χ3n) is 5.77. The van der Waals surface area contributed by atoms with E-state index in [2.05, 4.69) is 10.2 Å². The van der Waals surface area contributed by atoms with Gasteiger partial charge in [0.1, 0.15) is 12.1 Å². The lowest BCUT2D eigenvalue weighted by Gasteiger charge is -2.33. The van der Waals surface area contributed by atoms with Crippen LogP contribution in [0.2, 0.25) is 0 Å². The minimum Gasteiger partial charge on any atom is -0.493 e. The van der Waals surface area contributed by atoms with Crippen LogP contribution in [0.3, 0.4) is 0 Å². The average molecular weight is 505 g/mol. The molecule has 2 aromatic rings. The lowest BCUT2D eigenvalue weighted by atomic mass is 10.00. The van der Waals surface area contributed by atoms with E-state index in [4.69, 9.17) is 9.47 Å². The maximum Gasteiger partial charge on any atom is 0.492 e. The number of nitrogens with one attached hydrogen (secondary N) is 1. The largest absolute Gasteiger partial charge is 0.493 e. The molecule has 1 aliphatic heterocycles. The number of rotatable bonds is 8. The summed E-state index contributed by atoms with van der Waals surface area (Å²) in [6.45, 7) is -0.00522. The number of carbonyl (C=O) groups is 2. The number of ether oxygens (including phenoxy) is 2. The predicted octanol–water partition coefficient (Wildman–Crippen LogP) is 3.80. The Morgan fingerprint density at radius 3 is 2.36 bits per heavy atom. The maximum absolute atomic E-state index is 12.8. The first kappa shape index (κ1) is 26.8. The molecule has 1 amide bonds. The summed E-state index contributed by atoms with van der Waals surface area (Å²) < 4.78 is 48.4. The maximum atomic E-state index is 12.8. The summed E-state index contributed by atoms with van der Waals surface area (Å²) in [5.74, 6) is -1.86. The Kier molecular flexibility index (Phi) is 8.77. The van der Waals surface area contributed by atoms with Crippen LogP contribution in [0.25, 0.3) is 11.1 Å². The van der Waals surface area contributed by atoms with Crippen molar-refractivity contribution in [3.8, 4) is 28.7 Å². The van der Waals surface area contributed by atoms with Crippen molar-refractivity contribution in [3.63, 3.8) is 0 Å². The molecule has 1 aliphatic rings. The number of piperidine rings is 1. The zero-order chi connectivity index (χ0) is 26.3. The lowest BCUT2D eigenvalue weighted by Crippen LogP contribution is -2.53. The van der Waals surface area contributed by atoms with Crippen molar-refractivity contribution in [2.45, 2.75) is 43.9 Å². The van der Waals surface area contributed by atoms with Gasteiger partial charge in [0.25, 0.3) is 0 Å². The number of methoxy groups -OCH3 is 2. The Hall–Kier alpha value is -3.78. The van der Waals surface area contributed by atoms with Gasteiger partial charge in [-0.3, -0.25) is 4.79 Å². The molecule has 2 aromatic carbocycles. The second-order valence-corrected chi connectivity index (χ2v) is 8.19. The fourth-order valence-electron chi connectivity index (χ4n) is 3.92. The number of benzene rings is 2. The summed E-state index contributed by atoms with van der Waals surface area (Å²) in [4.78, 5) is 28.4. The molecular formula is C25H26F3N3O5. The Balaban J connectivity index is 1.65. The summed E-state index contributed by atoms with van der Waals surface area (Å²) in [5, 5.41) is 12.9. The highest BCUT2D eigenvalue weighted by Crippen LogP contribution is 2.32. The fourth-order valence-corrected chi connectivity index (χ4v) is 3.92. The molecule has 0 bridgehead atoms. The van der Waals surface area contributed by atoms with Crippen molar-refractivity contribution >= 4 is 11.9 Å². The molecular weight excluding hydrogens is 479 g/mol. The molecule has 0 aromatic heterocycles. The standard InChI is InChI=1S/C25H26F3N3O5/c1-34-21-11-10-18(14-22(21)35-2)17-8-6-16(7-9-17)13-19(15-29)30-23(32)20-5-3-4-12-31(20)36-24(33)25(26,27)28/h6-11,14,19-20H,3-5,12-13H2,1-2H3,(H,30,32)/t19-,20-/m0/s1. The van der Waals surface area contributed by atoms with Crippen LogP contribution in [0.15, 0.2) is 42.5 Å². The van der Waals surface area contributed by atoms with Gasteiger partial charge in [0, 0.05) is 13.0 Å². The van der Waals surface area contributed by atoms with Gasteiger partial charge in [0.05, 0.1) is 20.3 Å². The number of nitrogens with zero attached hydrogens (tertiary/aromatic N) is 2. The SMILES string of the molecule is COc1ccc(-c2ccc(C[C@@H](C#N)NC(=O)[C@@H]3CCCCN3OC(=O)C(F)(F)F)cc2)cc1OC. The number of amides is 1. The molecule has 0 saturated carbocycles. The topological polar surface area (TPSA) is 101 Å². The van der Waals surface area contributed by atoms with Gasteiger partial charge in [-0.25, -0.2) is 4.79 Å². The van der Waals surface area contributed by atoms with Crippen molar-refractivity contribution in [1.82, 2.24) is 10.4 Å². The molecule has 0 radical (unpaired) electrons. The van der Waals surface area contributed by atoms with E-state index in [0.29, 0.717) is 24.3 Å². The number of hydroxylamine groups is 2. The molecule has 0 spiro atoms. The van der Waals surface area contributed by atoms with E-state index >= 15 is 0 Å². The van der Waals surface area contributed by atoms with Crippen molar-refractivity contribution in [2.75, 3.05) is 20.8 Å². The Morgan fingerprint density at radius 1 is 1.08 bits per heavy atom. The zero-order valence-electron chi connectivity index (χ0n) is 19.8. The van der Waals surface area contributed by atoms with Crippen LogP contribution in [0.1, 0.15) is 24.8 Å². The quantitative estimate of drug-likeness (QED) is 0.583. The van der Waals surface area contributed by atoms with Crippen LogP contribution in [0.4, 0.5) is 13.2 Å². The van der Waals surface area contributed by atoms with Gasteiger partial charge in [0.15, 0.2) is 11.5 Å². The highest BCUT2D eigenvalue weighted by Gasteiger charge is 2.44. The number of carbonyl (C=O) groups excluding carboxylic acids is 2. The minimum atomic E-state index is -5.17. The summed E-state index contributed by atoms with van der Waals surface area (Å²) in [7, 11) is 3.10. The van der Waals surface area contributed by atoms with Crippen molar-refractivity contribution < 1.29 is 37.1 Å². The van der Waals surface area contributed by atoms with Gasteiger partial charge in [0.2, 0.25) is 5.91 Å². The summed E-state index contributed by atoms with van der Waals surface area (Å²) in [6.07, 6.45) is -3.73. The van der Waals surface area contributed by atoms with E-state index in [-0.39, 0.29) is 19.4 Å². The highest BCUT2D eigenvalue weighted by molar-refractivity contribution is 5.83. The van der Waals surface area contributed by atoms with Crippen LogP contribution in [-0.4, -0.2) is 56.0 Å². The molecule has 0 aliphatic carbocycles. The third-order valence-corrected chi connectivity index (χ3v) is 5.77. The molecule has 1 heterocycles. The first-order chi connectivity index (χ1) is 17.2. The number of hydrogen-bond donors (Lipinski definition) is 1. The molecule has 192 valence electrons. The smallest absolute Gasteiger partial charge is 0.492 e. The molecule has 11 heteroatoms. The molecule has 1 saturated heterocycles. The Labute approximate surface area is 206 Å². The Bertz CT molecular complexity index is 1120. The summed E-state index contributed by atoms with van der Waals surface area (Å²) in [6, 6.07) is 12.9. The van der Waals surface area contributed by atoms with E-state index in [1.807, 2.05) is 42.5 Å². The van der Waals surface area contributed by atoms with E-state index in [1.165, 1.54) is 0 Å². The van der Waals surface area contributed by atoms with E-state index in [9.17, 15) is 28.0 Å². The van der Waals surface area contributed by atoms with Gasteiger partial charge < -0.3 is 19.6 Å². The molecule has 1 N–H and O–H groups in total. The predicted molar refractivity (Wildman–Crippen MR) is 123 cm³/mol. The van der Waals surface area contributed by atoms with E-state index in [1.54, 1.807) is 20.3 Å². The fraction of sp³-hybridized carbons (Fsp3) is 0.400. The summed E-state index contributed by atoms with van der Waals surface area (Å²) >= 11 is 0. The van der Waals surface area contributed by atoms with Gasteiger partial charge in [-0.15, -0.1) is 5.06 Å². The number of halogens is 3. The van der Waals surface area contributed by atoms with Crippen molar-refractivity contribution in [3.05, 3.63) is 48.0 Å². The van der Waals surface area contributed by atoms with Crippen molar-refractivity contribution in [1.29, 1.82) is 5.26 Å². The van der Waals surface area contributed by atoms with E-state index < -0.39 is 30.1 Å². The second-order valence-electron chi connectivity index (χ2n) is 8.19. The molecule has 3 rings (SSSR count). The second kappa shape index (κ2) is 11.8. The molecule has 2 atom stereocenters. The molecule has 1 fully saturated rings. The zero-order valence-corrected chi connectivity index (χ0v) is 19.8. The van der Waals surface area contributed by atoms with E-state index in [0.717, 1.165) is 21.8 Å². The van der Waals surface area contributed by atoms with Crippen LogP contribution >= 0.6 is 0 Å². The van der Waals surface area contributed by atoms with Gasteiger partial charge in [-0.05, 0) is 48.1 Å². The van der Waals surface area contributed by atoms with Gasteiger partial charge >= 0.3 is 12.1 Å². The minimum absolute atomic E-state index is 0.00522. The van der Waals surface area contributed by atoms with Gasteiger partial charge in [-0.1, -0.05) is 30.3 Å². The van der Waals surface area contributed by atoms with Gasteiger partial charge in [-0.2, -0.15) is 18.4 Å². The summed E-state index contributed by atoms with van der Waals surface area (Å²) in [5.41, 5.74) is 2.58. The first-order valence-corrected chi connectivity index (χ1v) is 11.2. The molecule has 0 unspecified atom stereocenters. The van der Waals surface area contributed by atoms with Crippen LogP contribution in [0.5, 0.6) is 11.5 Å². The normalized spacial score (nSPS) is 16.9. The Morgan fingerprint density at radius 2 is 1.75 bits per heavy atom. The lowest BCUT2D eigenvalue weighted by molar-refractivity contribution is -0.248. The molecule has 8 nitrogen and oxygen atoms in total. The first-order valence-electron chi connectivity index (χ1n) is 11.2.